The summed E-state index contributed by atoms with van der Waals surface area (Å²) in [6, 6.07) is 8.84. The standard InChI is InChI=1S/C16H26N2O/c1-4-15-11-19-10-9-18(15)12-16(2,3)13-5-7-14(17)8-6-13/h5-8,15H,4,9-12,17H2,1-3H3. The first kappa shape index (κ1) is 14.4. The lowest BCUT2D eigenvalue weighted by molar-refractivity contribution is -0.0164. The minimum atomic E-state index is 0.137. The molecule has 1 aliphatic rings. The van der Waals surface area contributed by atoms with E-state index in [-0.39, 0.29) is 5.41 Å². The van der Waals surface area contributed by atoms with E-state index in [0.717, 1.165) is 38.4 Å². The number of ether oxygens (including phenoxy) is 1. The molecule has 1 atom stereocenters. The van der Waals surface area contributed by atoms with Crippen LogP contribution in [0.3, 0.4) is 0 Å². The fourth-order valence-corrected chi connectivity index (χ4v) is 2.81. The van der Waals surface area contributed by atoms with Crippen molar-refractivity contribution in [3.8, 4) is 0 Å². The summed E-state index contributed by atoms with van der Waals surface area (Å²) in [5.74, 6) is 0. The van der Waals surface area contributed by atoms with Gasteiger partial charge in [0, 0.05) is 30.2 Å². The van der Waals surface area contributed by atoms with Gasteiger partial charge in [-0.1, -0.05) is 32.9 Å². The van der Waals surface area contributed by atoms with Crippen LogP contribution in [-0.2, 0) is 10.2 Å². The molecule has 0 radical (unpaired) electrons. The predicted octanol–water partition coefficient (Wildman–Crippen LogP) is 2.66. The molecule has 2 N–H and O–H groups in total. The van der Waals surface area contributed by atoms with E-state index >= 15 is 0 Å². The van der Waals surface area contributed by atoms with Crippen molar-refractivity contribution in [2.45, 2.75) is 38.6 Å². The molecule has 1 aromatic rings. The second-order valence-electron chi connectivity index (χ2n) is 6.11. The van der Waals surface area contributed by atoms with E-state index < -0.39 is 0 Å². The third kappa shape index (κ3) is 3.48. The molecule has 19 heavy (non-hydrogen) atoms. The van der Waals surface area contributed by atoms with Crippen molar-refractivity contribution in [3.05, 3.63) is 29.8 Å². The maximum Gasteiger partial charge on any atom is 0.0622 e. The van der Waals surface area contributed by atoms with Gasteiger partial charge >= 0.3 is 0 Å². The Labute approximate surface area is 116 Å². The molecule has 1 saturated heterocycles. The van der Waals surface area contributed by atoms with Crippen molar-refractivity contribution in [2.75, 3.05) is 32.0 Å². The number of nitrogen functional groups attached to an aromatic ring is 1. The molecule has 1 aromatic carbocycles. The second kappa shape index (κ2) is 5.93. The average molecular weight is 262 g/mol. The number of nitrogens with zero attached hydrogens (tertiary/aromatic N) is 1. The van der Waals surface area contributed by atoms with Crippen molar-refractivity contribution in [2.24, 2.45) is 0 Å². The second-order valence-corrected chi connectivity index (χ2v) is 6.11. The topological polar surface area (TPSA) is 38.5 Å². The maximum absolute atomic E-state index is 5.77. The van der Waals surface area contributed by atoms with E-state index in [9.17, 15) is 0 Å². The number of morpholine rings is 1. The van der Waals surface area contributed by atoms with E-state index in [4.69, 9.17) is 10.5 Å². The fraction of sp³-hybridized carbons (Fsp3) is 0.625. The van der Waals surface area contributed by atoms with Gasteiger partial charge in [0.05, 0.1) is 13.2 Å². The monoisotopic (exact) mass is 262 g/mol. The molecule has 0 saturated carbocycles. The predicted molar refractivity (Wildman–Crippen MR) is 80.4 cm³/mol. The highest BCUT2D eigenvalue weighted by Gasteiger charge is 2.29. The molecule has 1 fully saturated rings. The zero-order chi connectivity index (χ0) is 13.9. The van der Waals surface area contributed by atoms with Gasteiger partial charge in [0.25, 0.3) is 0 Å². The third-order valence-corrected chi connectivity index (χ3v) is 4.11. The molecule has 3 heteroatoms. The van der Waals surface area contributed by atoms with Crippen molar-refractivity contribution in [3.63, 3.8) is 0 Å². The van der Waals surface area contributed by atoms with Gasteiger partial charge in [-0.25, -0.2) is 0 Å². The minimum absolute atomic E-state index is 0.137. The Kier molecular flexibility index (Phi) is 4.48. The molecule has 0 spiro atoms. The van der Waals surface area contributed by atoms with Crippen LogP contribution >= 0.6 is 0 Å². The molecule has 1 heterocycles. The van der Waals surface area contributed by atoms with Gasteiger partial charge in [-0.05, 0) is 24.1 Å². The number of benzene rings is 1. The summed E-state index contributed by atoms with van der Waals surface area (Å²) in [5, 5.41) is 0. The van der Waals surface area contributed by atoms with Crippen molar-refractivity contribution >= 4 is 5.69 Å². The van der Waals surface area contributed by atoms with E-state index in [1.807, 2.05) is 12.1 Å². The highest BCUT2D eigenvalue weighted by Crippen LogP contribution is 2.27. The van der Waals surface area contributed by atoms with Crippen LogP contribution in [0.15, 0.2) is 24.3 Å². The Balaban J connectivity index is 2.09. The van der Waals surface area contributed by atoms with Crippen molar-refractivity contribution in [1.29, 1.82) is 0 Å². The van der Waals surface area contributed by atoms with Crippen LogP contribution in [0.25, 0.3) is 0 Å². The van der Waals surface area contributed by atoms with Crippen LogP contribution in [0.4, 0.5) is 5.69 Å². The number of hydrogen-bond donors (Lipinski definition) is 1. The number of anilines is 1. The van der Waals surface area contributed by atoms with Gasteiger partial charge < -0.3 is 10.5 Å². The average Bonchev–Trinajstić information content (AvgIpc) is 2.39. The summed E-state index contributed by atoms with van der Waals surface area (Å²) in [5.41, 5.74) is 8.09. The van der Waals surface area contributed by atoms with E-state index in [2.05, 4.69) is 37.8 Å². The van der Waals surface area contributed by atoms with Crippen molar-refractivity contribution < 1.29 is 4.74 Å². The van der Waals surface area contributed by atoms with Gasteiger partial charge in [0.1, 0.15) is 0 Å². The van der Waals surface area contributed by atoms with Gasteiger partial charge in [0.15, 0.2) is 0 Å². The molecular weight excluding hydrogens is 236 g/mol. The lowest BCUT2D eigenvalue weighted by atomic mass is 9.83. The Hall–Kier alpha value is -1.06. The summed E-state index contributed by atoms with van der Waals surface area (Å²) < 4.78 is 5.58. The van der Waals surface area contributed by atoms with Gasteiger partial charge in [-0.15, -0.1) is 0 Å². The maximum atomic E-state index is 5.77. The zero-order valence-electron chi connectivity index (χ0n) is 12.4. The molecule has 1 unspecified atom stereocenters. The third-order valence-electron chi connectivity index (χ3n) is 4.11. The summed E-state index contributed by atoms with van der Waals surface area (Å²) in [4.78, 5) is 2.57. The molecule has 1 aliphatic heterocycles. The first-order valence-corrected chi connectivity index (χ1v) is 7.21. The highest BCUT2D eigenvalue weighted by atomic mass is 16.5. The summed E-state index contributed by atoms with van der Waals surface area (Å²) in [6.45, 7) is 10.7. The molecule has 0 aliphatic carbocycles. The molecular formula is C16H26N2O. The molecule has 3 nitrogen and oxygen atoms in total. The van der Waals surface area contributed by atoms with Crippen LogP contribution in [0.1, 0.15) is 32.8 Å². The zero-order valence-corrected chi connectivity index (χ0v) is 12.4. The Bertz CT molecular complexity index is 400. The summed E-state index contributed by atoms with van der Waals surface area (Å²) in [6.07, 6.45) is 1.15. The van der Waals surface area contributed by atoms with E-state index in [1.54, 1.807) is 0 Å². The van der Waals surface area contributed by atoms with E-state index in [0.29, 0.717) is 6.04 Å². The van der Waals surface area contributed by atoms with Gasteiger partial charge in [0.2, 0.25) is 0 Å². The normalized spacial score (nSPS) is 21.5. The van der Waals surface area contributed by atoms with Crippen molar-refractivity contribution in [1.82, 2.24) is 4.90 Å². The number of nitrogens with two attached hydrogens (primary N) is 1. The van der Waals surface area contributed by atoms with Crippen LogP contribution in [-0.4, -0.2) is 37.2 Å². The Morgan fingerprint density at radius 3 is 2.63 bits per heavy atom. The summed E-state index contributed by atoms with van der Waals surface area (Å²) >= 11 is 0. The lowest BCUT2D eigenvalue weighted by Crippen LogP contribution is -2.49. The quantitative estimate of drug-likeness (QED) is 0.848. The first-order chi connectivity index (χ1) is 9.03. The SMILES string of the molecule is CCC1COCCN1CC(C)(C)c1ccc(N)cc1. The van der Waals surface area contributed by atoms with Crippen LogP contribution < -0.4 is 5.73 Å². The molecule has 0 aromatic heterocycles. The van der Waals surface area contributed by atoms with Crippen LogP contribution in [0, 0.1) is 0 Å². The van der Waals surface area contributed by atoms with Gasteiger partial charge in [-0.2, -0.15) is 0 Å². The molecule has 0 amide bonds. The lowest BCUT2D eigenvalue weighted by Gasteiger charge is -2.40. The minimum Gasteiger partial charge on any atom is -0.399 e. The number of hydrogen-bond acceptors (Lipinski definition) is 3. The number of rotatable bonds is 4. The van der Waals surface area contributed by atoms with Crippen LogP contribution in [0.5, 0.6) is 0 Å². The first-order valence-electron chi connectivity index (χ1n) is 7.21. The molecule has 2 rings (SSSR count). The smallest absolute Gasteiger partial charge is 0.0622 e. The van der Waals surface area contributed by atoms with E-state index in [1.165, 1.54) is 5.56 Å². The Morgan fingerprint density at radius 1 is 1.32 bits per heavy atom. The highest BCUT2D eigenvalue weighted by molar-refractivity contribution is 5.41. The van der Waals surface area contributed by atoms with Gasteiger partial charge in [-0.3, -0.25) is 4.90 Å². The summed E-state index contributed by atoms with van der Waals surface area (Å²) in [7, 11) is 0. The fourth-order valence-electron chi connectivity index (χ4n) is 2.81. The van der Waals surface area contributed by atoms with Crippen LogP contribution in [0.2, 0.25) is 0 Å². The largest absolute Gasteiger partial charge is 0.399 e. The molecule has 0 bridgehead atoms. The molecule has 106 valence electrons. The Morgan fingerprint density at radius 2 is 2.00 bits per heavy atom.